The van der Waals surface area contributed by atoms with Gasteiger partial charge in [-0.2, -0.15) is 0 Å². The molecule has 2 heterocycles. The molecule has 1 aliphatic heterocycles. The van der Waals surface area contributed by atoms with Crippen molar-refractivity contribution in [2.45, 2.75) is 28.0 Å². The van der Waals surface area contributed by atoms with Crippen LogP contribution in [0.2, 0.25) is 0 Å². The highest BCUT2D eigenvalue weighted by molar-refractivity contribution is 8.00. The van der Waals surface area contributed by atoms with E-state index in [1.807, 2.05) is 37.3 Å². The number of anilines is 2. The third-order valence-corrected chi connectivity index (χ3v) is 9.60. The first-order chi connectivity index (χ1) is 18.3. The molecule has 0 saturated carbocycles. The van der Waals surface area contributed by atoms with Crippen LogP contribution >= 0.6 is 23.1 Å². The summed E-state index contributed by atoms with van der Waals surface area (Å²) in [5, 5.41) is 11.3. The monoisotopic (exact) mass is 568 g/mol. The maximum Gasteiger partial charge on any atom is 0.269 e. The molecule has 12 heteroatoms. The van der Waals surface area contributed by atoms with Crippen LogP contribution in [0.5, 0.6) is 11.5 Å². The van der Waals surface area contributed by atoms with Crippen molar-refractivity contribution in [3.8, 4) is 11.5 Å². The van der Waals surface area contributed by atoms with Crippen LogP contribution in [0.1, 0.15) is 11.1 Å². The number of nitrogens with one attached hydrogen (secondary N) is 1. The minimum atomic E-state index is -4.00. The fraction of sp³-hybridized carbons (Fsp3) is 0.192. The average Bonchev–Trinajstić information content (AvgIpc) is 3.39. The van der Waals surface area contributed by atoms with E-state index in [1.165, 1.54) is 46.6 Å². The largest absolute Gasteiger partial charge is 0.497 e. The number of hydrogen-bond acceptors (Lipinski definition) is 9. The number of amides is 1. The first-order valence-corrected chi connectivity index (χ1v) is 14.8. The summed E-state index contributed by atoms with van der Waals surface area (Å²) in [6, 6.07) is 21.3. The molecule has 1 atom stereocenters. The van der Waals surface area contributed by atoms with E-state index in [0.29, 0.717) is 26.7 Å². The van der Waals surface area contributed by atoms with Crippen LogP contribution < -0.4 is 19.1 Å². The van der Waals surface area contributed by atoms with Gasteiger partial charge in [-0.15, -0.1) is 10.2 Å². The summed E-state index contributed by atoms with van der Waals surface area (Å²) in [5.41, 5.74) is 2.39. The second-order valence-corrected chi connectivity index (χ2v) is 12.5. The quantitative estimate of drug-likeness (QED) is 0.240. The van der Waals surface area contributed by atoms with Gasteiger partial charge in [-0.1, -0.05) is 59.5 Å². The molecule has 0 fully saturated rings. The molecule has 0 saturated heterocycles. The van der Waals surface area contributed by atoms with Crippen LogP contribution in [0.15, 0.2) is 82.0 Å². The number of aromatic nitrogens is 2. The number of thioether (sulfide) groups is 1. The fourth-order valence-electron chi connectivity index (χ4n) is 3.82. The highest BCUT2D eigenvalue weighted by atomic mass is 32.2. The second kappa shape index (κ2) is 11.0. The minimum absolute atomic E-state index is 0.0796. The van der Waals surface area contributed by atoms with Crippen LogP contribution in [-0.2, 0) is 20.6 Å². The Hall–Kier alpha value is -3.61. The Kier molecular flexibility index (Phi) is 7.54. The number of methoxy groups -OCH3 is 1. The second-order valence-electron chi connectivity index (χ2n) is 8.43. The van der Waals surface area contributed by atoms with Gasteiger partial charge < -0.3 is 9.47 Å². The number of rotatable bonds is 8. The zero-order chi connectivity index (χ0) is 26.7. The average molecular weight is 569 g/mol. The number of sulfonamides is 1. The lowest BCUT2D eigenvalue weighted by molar-refractivity contribution is -0.122. The summed E-state index contributed by atoms with van der Waals surface area (Å²) < 4.78 is 40.3. The molecule has 38 heavy (non-hydrogen) atoms. The van der Waals surface area contributed by atoms with Gasteiger partial charge in [-0.05, 0) is 54.4 Å². The van der Waals surface area contributed by atoms with Gasteiger partial charge in [0.1, 0.15) is 11.5 Å². The zero-order valence-electron chi connectivity index (χ0n) is 20.5. The Bertz CT molecular complexity index is 1540. The molecule has 0 aliphatic carbocycles. The molecule has 1 aliphatic rings. The summed E-state index contributed by atoms with van der Waals surface area (Å²) >= 11 is 2.77. The molecule has 1 aromatic heterocycles. The van der Waals surface area contributed by atoms with Crippen LogP contribution in [0.25, 0.3) is 0 Å². The Labute approximate surface area is 228 Å². The first kappa shape index (κ1) is 26.0. The van der Waals surface area contributed by atoms with E-state index in [-0.39, 0.29) is 11.4 Å². The molecule has 5 rings (SSSR count). The van der Waals surface area contributed by atoms with Crippen molar-refractivity contribution in [1.29, 1.82) is 0 Å². The Morgan fingerprint density at radius 1 is 1.13 bits per heavy atom. The molecule has 0 bridgehead atoms. The van der Waals surface area contributed by atoms with E-state index in [4.69, 9.17) is 9.47 Å². The fourth-order valence-corrected chi connectivity index (χ4v) is 7.00. The molecule has 0 unspecified atom stereocenters. The van der Waals surface area contributed by atoms with Gasteiger partial charge in [0.05, 0.1) is 24.2 Å². The smallest absolute Gasteiger partial charge is 0.269 e. The third-order valence-electron chi connectivity index (χ3n) is 5.77. The molecule has 0 radical (unpaired) electrons. The number of nitrogens with zero attached hydrogens (tertiary/aromatic N) is 3. The van der Waals surface area contributed by atoms with E-state index in [2.05, 4.69) is 15.5 Å². The lowest BCUT2D eigenvalue weighted by Crippen LogP contribution is -2.48. The normalized spacial score (nSPS) is 14.9. The van der Waals surface area contributed by atoms with Gasteiger partial charge in [0.25, 0.3) is 15.9 Å². The molecule has 0 spiro atoms. The summed E-state index contributed by atoms with van der Waals surface area (Å²) in [5.74, 6) is 1.05. The van der Waals surface area contributed by atoms with E-state index in [1.54, 1.807) is 30.3 Å². The van der Waals surface area contributed by atoms with Gasteiger partial charge in [0.2, 0.25) is 5.13 Å². The number of aryl methyl sites for hydroxylation is 1. The standard InChI is InChI=1S/C26H24N4O5S3/c1-17-8-13-22-21(14-17)30(38(32,33)20-11-9-19(34-2)10-12-20)15-23(35-22)24(31)27-25-28-29-26(37-25)36-16-18-6-4-3-5-7-18/h3-14,23H,15-16H2,1-2H3,(H,27,28,31)/t23-/m1/s1. The zero-order valence-corrected chi connectivity index (χ0v) is 23.0. The van der Waals surface area contributed by atoms with Crippen molar-refractivity contribution in [3.05, 3.63) is 83.9 Å². The number of hydrogen-bond donors (Lipinski definition) is 1. The Morgan fingerprint density at radius 3 is 2.63 bits per heavy atom. The van der Waals surface area contributed by atoms with E-state index < -0.39 is 22.0 Å². The molecule has 3 aromatic carbocycles. The van der Waals surface area contributed by atoms with Gasteiger partial charge >= 0.3 is 0 Å². The van der Waals surface area contributed by atoms with E-state index in [0.717, 1.165) is 16.9 Å². The van der Waals surface area contributed by atoms with Crippen molar-refractivity contribution >= 4 is 49.8 Å². The SMILES string of the molecule is COc1ccc(S(=O)(=O)N2C[C@H](C(=O)Nc3nnc(SCc4ccccc4)s3)Oc3ccc(C)cc32)cc1. The highest BCUT2D eigenvalue weighted by Crippen LogP contribution is 2.38. The van der Waals surface area contributed by atoms with E-state index >= 15 is 0 Å². The number of carbonyl (C=O) groups excluding carboxylic acids is 1. The number of benzene rings is 3. The van der Waals surface area contributed by atoms with Crippen molar-refractivity contribution in [2.75, 3.05) is 23.3 Å². The van der Waals surface area contributed by atoms with E-state index in [9.17, 15) is 13.2 Å². The van der Waals surface area contributed by atoms with Crippen molar-refractivity contribution in [1.82, 2.24) is 10.2 Å². The number of fused-ring (bicyclic) bond motifs is 1. The molecular weight excluding hydrogens is 545 g/mol. The summed E-state index contributed by atoms with van der Waals surface area (Å²) in [6.45, 7) is 1.66. The molecular formula is C26H24N4O5S3. The molecule has 1 amide bonds. The van der Waals surface area contributed by atoms with Gasteiger partial charge in [-0.3, -0.25) is 14.4 Å². The first-order valence-electron chi connectivity index (χ1n) is 11.6. The van der Waals surface area contributed by atoms with Gasteiger partial charge in [0, 0.05) is 5.75 Å². The summed E-state index contributed by atoms with van der Waals surface area (Å²) in [7, 11) is -2.49. The van der Waals surface area contributed by atoms with Crippen molar-refractivity contribution in [3.63, 3.8) is 0 Å². The maximum absolute atomic E-state index is 13.7. The molecule has 9 nitrogen and oxygen atoms in total. The number of ether oxygens (including phenoxy) is 2. The van der Waals surface area contributed by atoms with Crippen LogP contribution in [0, 0.1) is 6.92 Å². The Balaban J connectivity index is 1.34. The van der Waals surface area contributed by atoms with Gasteiger partial charge in [0.15, 0.2) is 10.4 Å². The third kappa shape index (κ3) is 5.62. The minimum Gasteiger partial charge on any atom is -0.497 e. The molecule has 4 aromatic rings. The van der Waals surface area contributed by atoms with Crippen molar-refractivity contribution in [2.24, 2.45) is 0 Å². The predicted molar refractivity (Wildman–Crippen MR) is 148 cm³/mol. The number of carbonyl (C=O) groups is 1. The van der Waals surface area contributed by atoms with Crippen molar-refractivity contribution < 1.29 is 22.7 Å². The highest BCUT2D eigenvalue weighted by Gasteiger charge is 2.38. The molecule has 196 valence electrons. The Morgan fingerprint density at radius 2 is 1.89 bits per heavy atom. The van der Waals surface area contributed by atoms with Crippen LogP contribution in [0.3, 0.4) is 0 Å². The maximum atomic E-state index is 13.7. The predicted octanol–water partition coefficient (Wildman–Crippen LogP) is 4.74. The molecule has 1 N–H and O–H groups in total. The van der Waals surface area contributed by atoms with Gasteiger partial charge in [-0.25, -0.2) is 8.42 Å². The lowest BCUT2D eigenvalue weighted by atomic mass is 10.1. The van der Waals surface area contributed by atoms with Crippen LogP contribution in [0.4, 0.5) is 10.8 Å². The summed E-state index contributed by atoms with van der Waals surface area (Å²) in [4.78, 5) is 13.3. The lowest BCUT2D eigenvalue weighted by Gasteiger charge is -2.34. The van der Waals surface area contributed by atoms with Crippen LogP contribution in [-0.4, -0.2) is 44.3 Å². The summed E-state index contributed by atoms with van der Waals surface area (Å²) in [6.07, 6.45) is -1.09. The topological polar surface area (TPSA) is 111 Å².